The highest BCUT2D eigenvalue weighted by atomic mass is 32.2. The molecule has 0 aliphatic heterocycles. The molecule has 0 spiro atoms. The van der Waals surface area contributed by atoms with Crippen molar-refractivity contribution < 1.29 is 13.2 Å². The minimum Gasteiger partial charge on any atom is -0.355 e. The predicted molar refractivity (Wildman–Crippen MR) is 104 cm³/mol. The lowest BCUT2D eigenvalue weighted by atomic mass is 9.79. The first-order chi connectivity index (χ1) is 13.0. The Morgan fingerprint density at radius 1 is 1.07 bits per heavy atom. The van der Waals surface area contributed by atoms with Crippen molar-refractivity contribution in [2.24, 2.45) is 0 Å². The summed E-state index contributed by atoms with van der Waals surface area (Å²) in [6, 6.07) is 13.3. The Labute approximate surface area is 160 Å². The molecule has 6 nitrogen and oxygen atoms in total. The molecule has 1 fully saturated rings. The molecule has 0 saturated heterocycles. The zero-order valence-electron chi connectivity index (χ0n) is 15.2. The first-order valence-electron chi connectivity index (χ1n) is 9.24. The molecule has 1 aliphatic carbocycles. The molecule has 3 rings (SSSR count). The number of amides is 1. The topological polar surface area (TPSA) is 88.2 Å². The number of hydrogen-bond donors (Lipinski definition) is 2. The number of pyridine rings is 1. The van der Waals surface area contributed by atoms with Gasteiger partial charge in [0.05, 0.1) is 0 Å². The maximum absolute atomic E-state index is 12.2. The molecule has 1 heterocycles. The van der Waals surface area contributed by atoms with Crippen molar-refractivity contribution in [2.45, 2.75) is 42.4 Å². The van der Waals surface area contributed by atoms with Crippen LogP contribution in [0.1, 0.15) is 37.7 Å². The molecule has 2 aromatic rings. The Morgan fingerprint density at radius 2 is 1.81 bits per heavy atom. The number of nitrogens with one attached hydrogen (secondary N) is 2. The third-order valence-electron chi connectivity index (χ3n) is 5.16. The number of rotatable bonds is 8. The van der Waals surface area contributed by atoms with Gasteiger partial charge in [0, 0.05) is 37.3 Å². The second kappa shape index (κ2) is 8.63. The van der Waals surface area contributed by atoms with E-state index in [9.17, 15) is 13.2 Å². The van der Waals surface area contributed by atoms with Gasteiger partial charge in [0.1, 0.15) is 4.90 Å². The summed E-state index contributed by atoms with van der Waals surface area (Å²) >= 11 is 0. The van der Waals surface area contributed by atoms with Gasteiger partial charge in [-0.15, -0.1) is 0 Å². The highest BCUT2D eigenvalue weighted by molar-refractivity contribution is 7.89. The minimum atomic E-state index is -3.63. The van der Waals surface area contributed by atoms with E-state index in [-0.39, 0.29) is 29.2 Å². The predicted octanol–water partition coefficient (Wildman–Crippen LogP) is 2.38. The van der Waals surface area contributed by atoms with E-state index in [0.717, 1.165) is 25.7 Å². The van der Waals surface area contributed by atoms with Gasteiger partial charge in [0.2, 0.25) is 15.9 Å². The van der Waals surface area contributed by atoms with Crippen LogP contribution in [0.3, 0.4) is 0 Å². The van der Waals surface area contributed by atoms with Crippen LogP contribution in [0.25, 0.3) is 0 Å². The molecule has 0 radical (unpaired) electrons. The zero-order chi connectivity index (χ0) is 19.2. The lowest BCUT2D eigenvalue weighted by Gasteiger charge is -2.30. The smallest absolute Gasteiger partial charge is 0.242 e. The largest absolute Gasteiger partial charge is 0.355 e. The fourth-order valence-electron chi connectivity index (χ4n) is 3.66. The summed E-state index contributed by atoms with van der Waals surface area (Å²) < 4.78 is 26.7. The van der Waals surface area contributed by atoms with Crippen molar-refractivity contribution in [1.82, 2.24) is 15.0 Å². The van der Waals surface area contributed by atoms with Crippen LogP contribution >= 0.6 is 0 Å². The number of hydrogen-bond acceptors (Lipinski definition) is 4. The molecule has 1 saturated carbocycles. The number of carbonyl (C=O) groups excluding carboxylic acids is 1. The summed E-state index contributed by atoms with van der Waals surface area (Å²) in [6.07, 6.45) is 7.34. The first-order valence-corrected chi connectivity index (χ1v) is 10.7. The number of carbonyl (C=O) groups is 1. The SMILES string of the molecule is O=C(CCNS(=O)(=O)c1cccnc1)NCC1(c2ccccc2)CCCC1. The van der Waals surface area contributed by atoms with E-state index < -0.39 is 10.0 Å². The molecule has 0 atom stereocenters. The van der Waals surface area contributed by atoms with Gasteiger partial charge >= 0.3 is 0 Å². The van der Waals surface area contributed by atoms with Crippen molar-refractivity contribution in [3.63, 3.8) is 0 Å². The van der Waals surface area contributed by atoms with E-state index in [0.29, 0.717) is 6.54 Å². The summed E-state index contributed by atoms with van der Waals surface area (Å²) in [6.45, 7) is 0.645. The molecule has 1 amide bonds. The quantitative estimate of drug-likeness (QED) is 0.728. The Balaban J connectivity index is 1.51. The first kappa shape index (κ1) is 19.5. The highest BCUT2D eigenvalue weighted by Gasteiger charge is 2.35. The van der Waals surface area contributed by atoms with Crippen LogP contribution in [0.2, 0.25) is 0 Å². The Morgan fingerprint density at radius 3 is 2.48 bits per heavy atom. The number of aromatic nitrogens is 1. The second-order valence-electron chi connectivity index (χ2n) is 6.97. The highest BCUT2D eigenvalue weighted by Crippen LogP contribution is 2.40. The molecular weight excluding hydrogens is 362 g/mol. The van der Waals surface area contributed by atoms with Crippen molar-refractivity contribution in [1.29, 1.82) is 0 Å². The van der Waals surface area contributed by atoms with Crippen LogP contribution < -0.4 is 10.0 Å². The van der Waals surface area contributed by atoms with Crippen LogP contribution in [0.5, 0.6) is 0 Å². The second-order valence-corrected chi connectivity index (χ2v) is 8.73. The summed E-state index contributed by atoms with van der Waals surface area (Å²) in [5.41, 5.74) is 1.26. The number of benzene rings is 1. The van der Waals surface area contributed by atoms with Crippen LogP contribution in [-0.2, 0) is 20.2 Å². The maximum atomic E-state index is 12.2. The van der Waals surface area contributed by atoms with Gasteiger partial charge in [-0.1, -0.05) is 43.2 Å². The van der Waals surface area contributed by atoms with E-state index in [2.05, 4.69) is 27.2 Å². The van der Waals surface area contributed by atoms with E-state index in [1.807, 2.05) is 18.2 Å². The Hall–Kier alpha value is -2.25. The van der Waals surface area contributed by atoms with Crippen molar-refractivity contribution in [3.05, 3.63) is 60.4 Å². The molecule has 1 aliphatic rings. The van der Waals surface area contributed by atoms with Crippen molar-refractivity contribution in [3.8, 4) is 0 Å². The molecule has 0 bridgehead atoms. The summed E-state index contributed by atoms with van der Waals surface area (Å²) in [7, 11) is -3.63. The number of sulfonamides is 1. The van der Waals surface area contributed by atoms with E-state index in [1.54, 1.807) is 6.07 Å². The Bertz CT molecular complexity index is 849. The maximum Gasteiger partial charge on any atom is 0.242 e. The lowest BCUT2D eigenvalue weighted by Crippen LogP contribution is -2.40. The third-order valence-corrected chi connectivity index (χ3v) is 6.61. The van der Waals surface area contributed by atoms with Crippen LogP contribution in [0.15, 0.2) is 59.8 Å². The van der Waals surface area contributed by atoms with Crippen molar-refractivity contribution in [2.75, 3.05) is 13.1 Å². The fraction of sp³-hybridized carbons (Fsp3) is 0.400. The molecule has 0 unspecified atom stereocenters. The van der Waals surface area contributed by atoms with E-state index >= 15 is 0 Å². The van der Waals surface area contributed by atoms with Crippen LogP contribution in [0, 0.1) is 0 Å². The molecule has 1 aromatic carbocycles. The standard InChI is InChI=1S/C20H25N3O3S/c24-19(10-14-23-27(25,26)18-9-6-13-21-15-18)22-16-20(11-4-5-12-20)17-7-2-1-3-8-17/h1-3,6-9,13,15,23H,4-5,10-12,14,16H2,(H,22,24). The lowest BCUT2D eigenvalue weighted by molar-refractivity contribution is -0.121. The molecule has 27 heavy (non-hydrogen) atoms. The molecule has 1 aromatic heterocycles. The van der Waals surface area contributed by atoms with E-state index in [4.69, 9.17) is 0 Å². The van der Waals surface area contributed by atoms with Gasteiger partial charge in [0.25, 0.3) is 0 Å². The third kappa shape index (κ3) is 4.93. The van der Waals surface area contributed by atoms with Crippen LogP contribution in [-0.4, -0.2) is 32.4 Å². The average Bonchev–Trinajstić information content (AvgIpc) is 3.18. The fourth-order valence-corrected chi connectivity index (χ4v) is 4.65. The van der Waals surface area contributed by atoms with Gasteiger partial charge in [0.15, 0.2) is 0 Å². The number of nitrogens with zero attached hydrogens (tertiary/aromatic N) is 1. The summed E-state index contributed by atoms with van der Waals surface area (Å²) in [5.74, 6) is -0.147. The molecule has 144 valence electrons. The zero-order valence-corrected chi connectivity index (χ0v) is 16.0. The minimum absolute atomic E-state index is 0.00780. The molecular formula is C20H25N3O3S. The van der Waals surface area contributed by atoms with Crippen molar-refractivity contribution >= 4 is 15.9 Å². The van der Waals surface area contributed by atoms with Gasteiger partial charge in [-0.05, 0) is 30.5 Å². The van der Waals surface area contributed by atoms with Gasteiger partial charge in [-0.25, -0.2) is 13.1 Å². The van der Waals surface area contributed by atoms with Crippen LogP contribution in [0.4, 0.5) is 0 Å². The van der Waals surface area contributed by atoms with E-state index in [1.165, 1.54) is 24.0 Å². The summed E-state index contributed by atoms with van der Waals surface area (Å²) in [4.78, 5) is 16.1. The normalized spacial score (nSPS) is 16.1. The van der Waals surface area contributed by atoms with Gasteiger partial charge in [-0.3, -0.25) is 9.78 Å². The van der Waals surface area contributed by atoms with Gasteiger partial charge < -0.3 is 5.32 Å². The average molecular weight is 388 g/mol. The van der Waals surface area contributed by atoms with Gasteiger partial charge in [-0.2, -0.15) is 0 Å². The molecule has 7 heteroatoms. The monoisotopic (exact) mass is 387 g/mol. The molecule has 2 N–H and O–H groups in total. The summed E-state index contributed by atoms with van der Waals surface area (Å²) in [5, 5.41) is 3.00. The Kier molecular flexibility index (Phi) is 6.23.